The summed E-state index contributed by atoms with van der Waals surface area (Å²) in [6.45, 7) is 4.58. The summed E-state index contributed by atoms with van der Waals surface area (Å²) >= 11 is 0. The molecule has 162 valence electrons. The number of aryl methyl sites for hydroxylation is 1. The smallest absolute Gasteiger partial charge is 0.272 e. The molecule has 0 radical (unpaired) electrons. The molecule has 1 unspecified atom stereocenters. The lowest BCUT2D eigenvalue weighted by Gasteiger charge is -2.32. The highest BCUT2D eigenvalue weighted by molar-refractivity contribution is 5.95. The first-order chi connectivity index (χ1) is 15.4. The highest BCUT2D eigenvalue weighted by Gasteiger charge is 2.30. The van der Waals surface area contributed by atoms with Gasteiger partial charge in [-0.05, 0) is 37.6 Å². The molecule has 0 saturated carbocycles. The molecule has 3 heterocycles. The van der Waals surface area contributed by atoms with Crippen molar-refractivity contribution in [2.45, 2.75) is 32.9 Å². The van der Waals surface area contributed by atoms with Crippen molar-refractivity contribution in [3.05, 3.63) is 87.1 Å². The van der Waals surface area contributed by atoms with Crippen LogP contribution in [-0.4, -0.2) is 42.3 Å². The van der Waals surface area contributed by atoms with Crippen LogP contribution >= 0.6 is 0 Å². The Labute approximate surface area is 182 Å². The number of H-pyrrole nitrogens is 1. The van der Waals surface area contributed by atoms with Crippen LogP contribution in [0.4, 0.5) is 4.39 Å². The summed E-state index contributed by atoms with van der Waals surface area (Å²) < 4.78 is 16.7. The van der Waals surface area contributed by atoms with Crippen LogP contribution in [0.15, 0.2) is 47.3 Å². The van der Waals surface area contributed by atoms with Gasteiger partial charge in [-0.15, -0.1) is 10.2 Å². The summed E-state index contributed by atoms with van der Waals surface area (Å²) in [4.78, 5) is 26.8. The van der Waals surface area contributed by atoms with Gasteiger partial charge in [-0.1, -0.05) is 24.3 Å². The lowest BCUT2D eigenvalue weighted by Crippen LogP contribution is -2.41. The van der Waals surface area contributed by atoms with Gasteiger partial charge in [0.1, 0.15) is 11.6 Å². The molecule has 0 spiro atoms. The number of hydrogen-bond acceptors (Lipinski definition) is 5. The largest absolute Gasteiger partial charge is 0.329 e. The lowest BCUT2D eigenvalue weighted by atomic mass is 10.0. The molecule has 2 aromatic heterocycles. The Kier molecular flexibility index (Phi) is 4.80. The third-order valence-corrected chi connectivity index (χ3v) is 5.89. The van der Waals surface area contributed by atoms with E-state index in [1.165, 1.54) is 6.07 Å². The predicted molar refractivity (Wildman–Crippen MR) is 116 cm³/mol. The predicted octanol–water partition coefficient (Wildman–Crippen LogP) is 2.77. The minimum absolute atomic E-state index is 0.000603. The monoisotopic (exact) mass is 432 g/mol. The number of benzene rings is 2. The summed E-state index contributed by atoms with van der Waals surface area (Å²) in [5.41, 5.74) is 1.12. The van der Waals surface area contributed by atoms with Gasteiger partial charge in [-0.3, -0.25) is 9.59 Å². The van der Waals surface area contributed by atoms with Gasteiger partial charge in [0.05, 0.1) is 29.2 Å². The second-order valence-electron chi connectivity index (χ2n) is 8.10. The Morgan fingerprint density at radius 3 is 2.78 bits per heavy atom. The Balaban J connectivity index is 1.46. The van der Waals surface area contributed by atoms with Gasteiger partial charge in [0.15, 0.2) is 5.82 Å². The first-order valence-corrected chi connectivity index (χ1v) is 10.4. The summed E-state index contributed by atoms with van der Waals surface area (Å²) in [7, 11) is 0. The van der Waals surface area contributed by atoms with E-state index in [0.29, 0.717) is 29.9 Å². The maximum atomic E-state index is 14.7. The molecule has 4 aromatic rings. The number of fused-ring (bicyclic) bond motifs is 2. The van der Waals surface area contributed by atoms with E-state index in [9.17, 15) is 14.0 Å². The third-order valence-electron chi connectivity index (χ3n) is 5.89. The molecule has 32 heavy (non-hydrogen) atoms. The van der Waals surface area contributed by atoms with Gasteiger partial charge in [-0.2, -0.15) is 5.10 Å². The number of amides is 1. The SMILES string of the molecule is Cc1nnc2n1C(C)CN(C(=O)c1cc(Cc3n[nH]c(=O)c4ccccc34)ccc1F)C2. The van der Waals surface area contributed by atoms with Crippen LogP contribution in [0.3, 0.4) is 0 Å². The molecule has 0 fully saturated rings. The summed E-state index contributed by atoms with van der Waals surface area (Å²) in [6, 6.07) is 11.7. The van der Waals surface area contributed by atoms with Gasteiger partial charge in [0.2, 0.25) is 0 Å². The van der Waals surface area contributed by atoms with Crippen LogP contribution in [-0.2, 0) is 13.0 Å². The van der Waals surface area contributed by atoms with E-state index < -0.39 is 5.82 Å². The molecule has 1 amide bonds. The van der Waals surface area contributed by atoms with E-state index in [-0.39, 0.29) is 29.6 Å². The Hall–Kier alpha value is -3.88. The fourth-order valence-electron chi connectivity index (χ4n) is 4.40. The molecule has 1 aliphatic rings. The summed E-state index contributed by atoms with van der Waals surface area (Å²) in [5, 5.41) is 16.2. The maximum Gasteiger partial charge on any atom is 0.272 e. The normalized spacial score (nSPS) is 15.7. The number of halogens is 1. The second-order valence-corrected chi connectivity index (χ2v) is 8.10. The topological polar surface area (TPSA) is 96.8 Å². The fourth-order valence-corrected chi connectivity index (χ4v) is 4.40. The van der Waals surface area contributed by atoms with Crippen molar-refractivity contribution in [3.63, 3.8) is 0 Å². The molecule has 2 aromatic carbocycles. The zero-order valence-electron chi connectivity index (χ0n) is 17.7. The van der Waals surface area contributed by atoms with Gasteiger partial charge in [0, 0.05) is 18.4 Å². The molecule has 0 bridgehead atoms. The van der Waals surface area contributed by atoms with Gasteiger partial charge in [0.25, 0.3) is 11.5 Å². The molecule has 0 aliphatic carbocycles. The van der Waals surface area contributed by atoms with Crippen molar-refractivity contribution in [3.8, 4) is 0 Å². The zero-order valence-corrected chi connectivity index (χ0v) is 17.7. The van der Waals surface area contributed by atoms with Crippen molar-refractivity contribution in [1.29, 1.82) is 0 Å². The van der Waals surface area contributed by atoms with Crippen molar-refractivity contribution < 1.29 is 9.18 Å². The molecule has 0 saturated heterocycles. The molecule has 1 N–H and O–H groups in total. The molecule has 9 heteroatoms. The molecule has 5 rings (SSSR count). The molecule has 1 atom stereocenters. The summed E-state index contributed by atoms with van der Waals surface area (Å²) in [6.07, 6.45) is 0.349. The Bertz CT molecular complexity index is 1410. The van der Waals surface area contributed by atoms with Crippen LogP contribution in [0.25, 0.3) is 10.8 Å². The first kappa shape index (κ1) is 20.0. The highest BCUT2D eigenvalue weighted by atomic mass is 19.1. The number of nitrogens with zero attached hydrogens (tertiary/aromatic N) is 5. The quantitative estimate of drug-likeness (QED) is 0.537. The minimum atomic E-state index is -0.575. The third kappa shape index (κ3) is 3.35. The van der Waals surface area contributed by atoms with E-state index in [0.717, 1.165) is 16.8 Å². The van der Waals surface area contributed by atoms with E-state index in [1.54, 1.807) is 29.2 Å². The molecule has 1 aliphatic heterocycles. The number of rotatable bonds is 3. The number of nitrogens with one attached hydrogen (secondary N) is 1. The summed E-state index contributed by atoms with van der Waals surface area (Å²) in [5.74, 6) is 0.528. The van der Waals surface area contributed by atoms with Crippen molar-refractivity contribution >= 4 is 16.7 Å². The number of hydrogen-bond donors (Lipinski definition) is 1. The van der Waals surface area contributed by atoms with Crippen molar-refractivity contribution in [2.24, 2.45) is 0 Å². The number of carbonyl (C=O) groups excluding carboxylic acids is 1. The number of aromatic amines is 1. The van der Waals surface area contributed by atoms with E-state index >= 15 is 0 Å². The molecular formula is C23H21FN6O2. The lowest BCUT2D eigenvalue weighted by molar-refractivity contribution is 0.0675. The fraction of sp³-hybridized carbons (Fsp3) is 0.261. The van der Waals surface area contributed by atoms with E-state index in [1.807, 2.05) is 30.5 Å². The molecule has 8 nitrogen and oxygen atoms in total. The van der Waals surface area contributed by atoms with Crippen molar-refractivity contribution in [2.75, 3.05) is 6.54 Å². The van der Waals surface area contributed by atoms with Gasteiger partial charge < -0.3 is 9.47 Å². The van der Waals surface area contributed by atoms with Crippen LogP contribution in [0.2, 0.25) is 0 Å². The Morgan fingerprint density at radius 1 is 1.19 bits per heavy atom. The first-order valence-electron chi connectivity index (χ1n) is 10.4. The number of carbonyl (C=O) groups is 1. The standard InChI is InChI=1S/C23H21FN6O2/c1-13-11-29(12-21-27-25-14(2)30(13)21)23(32)18-9-15(7-8-19(18)24)10-20-16-5-3-4-6-17(16)22(31)28-26-20/h3-9,13H,10-12H2,1-2H3,(H,28,31). The Morgan fingerprint density at radius 2 is 1.97 bits per heavy atom. The van der Waals surface area contributed by atoms with Crippen molar-refractivity contribution in [1.82, 2.24) is 29.9 Å². The number of aromatic nitrogens is 5. The second kappa shape index (κ2) is 7.67. The van der Waals surface area contributed by atoms with Gasteiger partial charge in [-0.25, -0.2) is 9.49 Å². The minimum Gasteiger partial charge on any atom is -0.329 e. The molecular weight excluding hydrogens is 411 g/mol. The van der Waals surface area contributed by atoms with Crippen LogP contribution in [0.5, 0.6) is 0 Å². The average Bonchev–Trinajstić information content (AvgIpc) is 3.18. The highest BCUT2D eigenvalue weighted by Crippen LogP contribution is 2.24. The van der Waals surface area contributed by atoms with Crippen LogP contribution in [0, 0.1) is 12.7 Å². The van der Waals surface area contributed by atoms with E-state index in [2.05, 4.69) is 20.4 Å². The zero-order chi connectivity index (χ0) is 22.4. The van der Waals surface area contributed by atoms with Crippen LogP contribution < -0.4 is 5.56 Å². The van der Waals surface area contributed by atoms with Crippen LogP contribution in [0.1, 0.15) is 46.2 Å². The van der Waals surface area contributed by atoms with Gasteiger partial charge >= 0.3 is 0 Å². The average molecular weight is 432 g/mol. The maximum absolute atomic E-state index is 14.7. The van der Waals surface area contributed by atoms with E-state index in [4.69, 9.17) is 0 Å².